The third-order valence-electron chi connectivity index (χ3n) is 3.17. The Balaban J connectivity index is 2.12. The SMILES string of the molecule is CC(=O)Nc1cccc2c1cnn2-c1ccc(C#N)cc1. The van der Waals surface area contributed by atoms with Crippen molar-refractivity contribution in [3.8, 4) is 11.8 Å². The Morgan fingerprint density at radius 1 is 1.24 bits per heavy atom. The Kier molecular flexibility index (Phi) is 3.13. The monoisotopic (exact) mass is 276 g/mol. The summed E-state index contributed by atoms with van der Waals surface area (Å²) < 4.78 is 1.78. The molecule has 1 amide bonds. The molecule has 0 aliphatic rings. The van der Waals surface area contributed by atoms with Crippen molar-refractivity contribution in [2.75, 3.05) is 5.32 Å². The Bertz CT molecular complexity index is 856. The van der Waals surface area contributed by atoms with Crippen LogP contribution < -0.4 is 5.32 Å². The van der Waals surface area contributed by atoms with E-state index < -0.39 is 0 Å². The van der Waals surface area contributed by atoms with Crippen LogP contribution in [0.1, 0.15) is 12.5 Å². The summed E-state index contributed by atoms with van der Waals surface area (Å²) in [5.74, 6) is -0.117. The molecule has 1 aromatic heterocycles. The van der Waals surface area contributed by atoms with Gasteiger partial charge in [0.1, 0.15) is 0 Å². The van der Waals surface area contributed by atoms with Gasteiger partial charge in [0.25, 0.3) is 0 Å². The minimum atomic E-state index is -0.117. The highest BCUT2D eigenvalue weighted by Crippen LogP contribution is 2.25. The van der Waals surface area contributed by atoms with E-state index in [1.807, 2.05) is 30.3 Å². The second-order valence-corrected chi connectivity index (χ2v) is 4.63. The van der Waals surface area contributed by atoms with Crippen molar-refractivity contribution >= 4 is 22.5 Å². The fourth-order valence-electron chi connectivity index (χ4n) is 2.23. The zero-order valence-electron chi connectivity index (χ0n) is 11.4. The number of carbonyl (C=O) groups excluding carboxylic acids is 1. The molecule has 3 rings (SSSR count). The number of nitrogens with one attached hydrogen (secondary N) is 1. The predicted octanol–water partition coefficient (Wildman–Crippen LogP) is 2.86. The molecule has 0 saturated carbocycles. The lowest BCUT2D eigenvalue weighted by atomic mass is 10.2. The van der Waals surface area contributed by atoms with E-state index in [1.165, 1.54) is 6.92 Å². The fourth-order valence-corrected chi connectivity index (χ4v) is 2.23. The molecule has 0 atom stereocenters. The molecule has 0 radical (unpaired) electrons. The van der Waals surface area contributed by atoms with E-state index in [-0.39, 0.29) is 5.91 Å². The Labute approximate surface area is 121 Å². The maximum Gasteiger partial charge on any atom is 0.221 e. The highest BCUT2D eigenvalue weighted by atomic mass is 16.1. The molecular formula is C16H12N4O. The summed E-state index contributed by atoms with van der Waals surface area (Å²) in [6.45, 7) is 1.48. The van der Waals surface area contributed by atoms with Crippen LogP contribution >= 0.6 is 0 Å². The minimum Gasteiger partial charge on any atom is -0.326 e. The van der Waals surface area contributed by atoms with E-state index in [0.717, 1.165) is 22.3 Å². The zero-order chi connectivity index (χ0) is 14.8. The molecule has 1 heterocycles. The van der Waals surface area contributed by atoms with Gasteiger partial charge in [-0.05, 0) is 36.4 Å². The first-order valence-corrected chi connectivity index (χ1v) is 6.44. The number of hydrogen-bond donors (Lipinski definition) is 1. The standard InChI is InChI=1S/C16H12N4O/c1-11(21)19-15-3-2-4-16-14(15)10-18-20(16)13-7-5-12(9-17)6-8-13/h2-8,10H,1H3,(H,19,21). The van der Waals surface area contributed by atoms with E-state index in [4.69, 9.17) is 5.26 Å². The average molecular weight is 276 g/mol. The van der Waals surface area contributed by atoms with Crippen LogP contribution in [0.2, 0.25) is 0 Å². The number of aromatic nitrogens is 2. The average Bonchev–Trinajstić information content (AvgIpc) is 2.92. The summed E-state index contributed by atoms with van der Waals surface area (Å²) in [7, 11) is 0. The molecule has 21 heavy (non-hydrogen) atoms. The highest BCUT2D eigenvalue weighted by Gasteiger charge is 2.09. The van der Waals surface area contributed by atoms with Crippen molar-refractivity contribution in [1.29, 1.82) is 5.26 Å². The molecule has 0 aliphatic heterocycles. The molecule has 0 aliphatic carbocycles. The largest absolute Gasteiger partial charge is 0.326 e. The van der Waals surface area contributed by atoms with Gasteiger partial charge in [-0.2, -0.15) is 10.4 Å². The van der Waals surface area contributed by atoms with Gasteiger partial charge in [0.15, 0.2) is 0 Å². The van der Waals surface area contributed by atoms with Gasteiger partial charge in [-0.1, -0.05) is 6.07 Å². The van der Waals surface area contributed by atoms with Crippen LogP contribution in [-0.2, 0) is 4.79 Å². The summed E-state index contributed by atoms with van der Waals surface area (Å²) in [6.07, 6.45) is 1.72. The number of nitriles is 1. The quantitative estimate of drug-likeness (QED) is 0.782. The van der Waals surface area contributed by atoms with Crippen LogP contribution in [0.5, 0.6) is 0 Å². The minimum absolute atomic E-state index is 0.117. The molecule has 0 spiro atoms. The summed E-state index contributed by atoms with van der Waals surface area (Å²) in [6, 6.07) is 14.9. The van der Waals surface area contributed by atoms with Gasteiger partial charge in [0.2, 0.25) is 5.91 Å². The first-order valence-electron chi connectivity index (χ1n) is 6.44. The summed E-state index contributed by atoms with van der Waals surface area (Å²) in [5, 5.41) is 16.9. The van der Waals surface area contributed by atoms with E-state index in [2.05, 4.69) is 16.5 Å². The van der Waals surface area contributed by atoms with Crippen LogP contribution in [0.4, 0.5) is 5.69 Å². The fraction of sp³-hybridized carbons (Fsp3) is 0.0625. The van der Waals surface area contributed by atoms with Crippen LogP contribution in [-0.4, -0.2) is 15.7 Å². The second kappa shape index (κ2) is 5.10. The van der Waals surface area contributed by atoms with Gasteiger partial charge >= 0.3 is 0 Å². The lowest BCUT2D eigenvalue weighted by Gasteiger charge is -2.06. The van der Waals surface area contributed by atoms with Gasteiger partial charge < -0.3 is 5.32 Å². The van der Waals surface area contributed by atoms with Gasteiger partial charge in [-0.3, -0.25) is 4.79 Å². The Morgan fingerprint density at radius 3 is 2.67 bits per heavy atom. The van der Waals surface area contributed by atoms with Crippen molar-refractivity contribution in [2.45, 2.75) is 6.92 Å². The van der Waals surface area contributed by atoms with E-state index in [0.29, 0.717) is 5.56 Å². The van der Waals surface area contributed by atoms with Crippen LogP contribution in [0.3, 0.4) is 0 Å². The number of nitrogens with zero attached hydrogens (tertiary/aromatic N) is 3. The first kappa shape index (κ1) is 12.9. The van der Waals surface area contributed by atoms with Gasteiger partial charge in [0.05, 0.1) is 34.7 Å². The lowest BCUT2D eigenvalue weighted by molar-refractivity contribution is -0.114. The molecule has 0 bridgehead atoms. The summed E-state index contributed by atoms with van der Waals surface area (Å²) in [5.41, 5.74) is 3.10. The molecule has 5 heteroatoms. The molecule has 102 valence electrons. The normalized spacial score (nSPS) is 10.3. The smallest absolute Gasteiger partial charge is 0.221 e. The van der Waals surface area contributed by atoms with E-state index in [1.54, 1.807) is 23.0 Å². The predicted molar refractivity (Wildman–Crippen MR) is 80.1 cm³/mol. The number of benzene rings is 2. The first-order chi connectivity index (χ1) is 10.2. The molecule has 3 aromatic rings. The highest BCUT2D eigenvalue weighted by molar-refractivity contribution is 6.00. The third-order valence-corrected chi connectivity index (χ3v) is 3.17. The number of rotatable bonds is 2. The molecule has 1 N–H and O–H groups in total. The van der Waals surface area contributed by atoms with Gasteiger partial charge in [-0.15, -0.1) is 0 Å². The van der Waals surface area contributed by atoms with Crippen LogP contribution in [0.25, 0.3) is 16.6 Å². The maximum absolute atomic E-state index is 11.2. The van der Waals surface area contributed by atoms with Gasteiger partial charge in [0, 0.05) is 12.3 Å². The third kappa shape index (κ3) is 2.35. The Morgan fingerprint density at radius 2 is 2.00 bits per heavy atom. The summed E-state index contributed by atoms with van der Waals surface area (Å²) in [4.78, 5) is 11.2. The van der Waals surface area contributed by atoms with Crippen molar-refractivity contribution in [2.24, 2.45) is 0 Å². The Hall–Kier alpha value is -3.13. The topological polar surface area (TPSA) is 70.7 Å². The van der Waals surface area contributed by atoms with Crippen molar-refractivity contribution in [3.63, 3.8) is 0 Å². The van der Waals surface area contributed by atoms with Crippen molar-refractivity contribution < 1.29 is 4.79 Å². The van der Waals surface area contributed by atoms with Crippen LogP contribution in [0, 0.1) is 11.3 Å². The maximum atomic E-state index is 11.2. The summed E-state index contributed by atoms with van der Waals surface area (Å²) >= 11 is 0. The molecule has 2 aromatic carbocycles. The van der Waals surface area contributed by atoms with Gasteiger partial charge in [-0.25, -0.2) is 4.68 Å². The number of hydrogen-bond acceptors (Lipinski definition) is 3. The molecule has 0 fully saturated rings. The second-order valence-electron chi connectivity index (χ2n) is 4.63. The zero-order valence-corrected chi connectivity index (χ0v) is 11.4. The number of carbonyl (C=O) groups is 1. The molecular weight excluding hydrogens is 264 g/mol. The molecule has 5 nitrogen and oxygen atoms in total. The molecule has 0 saturated heterocycles. The van der Waals surface area contributed by atoms with Crippen molar-refractivity contribution in [1.82, 2.24) is 9.78 Å². The van der Waals surface area contributed by atoms with E-state index in [9.17, 15) is 4.79 Å². The number of amides is 1. The van der Waals surface area contributed by atoms with Crippen LogP contribution in [0.15, 0.2) is 48.7 Å². The van der Waals surface area contributed by atoms with E-state index >= 15 is 0 Å². The molecule has 0 unspecified atom stereocenters. The number of fused-ring (bicyclic) bond motifs is 1. The lowest BCUT2D eigenvalue weighted by Crippen LogP contribution is -2.05. The number of anilines is 1. The van der Waals surface area contributed by atoms with Crippen molar-refractivity contribution in [3.05, 3.63) is 54.2 Å².